The van der Waals surface area contributed by atoms with Crippen LogP contribution >= 0.6 is 0 Å². The molecular weight excluding hydrogens is 384 g/mol. The Labute approximate surface area is 187 Å². The van der Waals surface area contributed by atoms with Gasteiger partial charge in [0.1, 0.15) is 0 Å². The zero-order chi connectivity index (χ0) is 22.4. The number of rotatable bonds is 8. The molecule has 0 heterocycles. The topological polar surface area (TPSA) is 58.2 Å². The van der Waals surface area contributed by atoms with Crippen LogP contribution in [0.3, 0.4) is 0 Å². The molecule has 1 aliphatic rings. The minimum Gasteiger partial charge on any atom is -0.356 e. The number of amides is 2. The zero-order valence-electron chi connectivity index (χ0n) is 19.5. The standard InChI is InChI=1S/C27H38N2O2/c1-18(2)25(16-21-11-12-22-7-5-6-8-24(22)15-21)29-27(31)23-13-9-20(10-14-23)17-28-26(30)19(3)4/h5-8,11-12,15,18-20,23,25H,9-10,13-14,16-17H2,1-4H3,(H,28,30)(H,29,31)/t20?,23?,25-/m1/s1. The van der Waals surface area contributed by atoms with Gasteiger partial charge < -0.3 is 10.6 Å². The van der Waals surface area contributed by atoms with Gasteiger partial charge in [-0.05, 0) is 60.3 Å². The molecule has 31 heavy (non-hydrogen) atoms. The van der Waals surface area contributed by atoms with Crippen LogP contribution in [0.5, 0.6) is 0 Å². The van der Waals surface area contributed by atoms with Crippen LogP contribution in [0, 0.1) is 23.7 Å². The Morgan fingerprint density at radius 2 is 1.61 bits per heavy atom. The van der Waals surface area contributed by atoms with Crippen molar-refractivity contribution in [2.24, 2.45) is 23.7 Å². The highest BCUT2D eigenvalue weighted by Crippen LogP contribution is 2.29. The van der Waals surface area contributed by atoms with Crippen LogP contribution in [0.2, 0.25) is 0 Å². The van der Waals surface area contributed by atoms with Crippen molar-refractivity contribution in [3.63, 3.8) is 0 Å². The highest BCUT2D eigenvalue weighted by atomic mass is 16.2. The first-order valence-corrected chi connectivity index (χ1v) is 11.9. The van der Waals surface area contributed by atoms with Crippen LogP contribution in [-0.4, -0.2) is 24.4 Å². The first-order valence-electron chi connectivity index (χ1n) is 11.9. The summed E-state index contributed by atoms with van der Waals surface area (Å²) in [7, 11) is 0. The second-order valence-corrected chi connectivity index (χ2v) is 9.86. The van der Waals surface area contributed by atoms with Crippen LogP contribution in [0.25, 0.3) is 10.8 Å². The number of fused-ring (bicyclic) bond motifs is 1. The second-order valence-electron chi connectivity index (χ2n) is 9.86. The maximum atomic E-state index is 13.0. The number of carbonyl (C=O) groups excluding carboxylic acids is 2. The van der Waals surface area contributed by atoms with Crippen molar-refractivity contribution in [2.75, 3.05) is 6.54 Å². The van der Waals surface area contributed by atoms with Gasteiger partial charge in [-0.2, -0.15) is 0 Å². The zero-order valence-corrected chi connectivity index (χ0v) is 19.5. The molecule has 0 unspecified atom stereocenters. The normalized spacial score (nSPS) is 20.1. The maximum absolute atomic E-state index is 13.0. The lowest BCUT2D eigenvalue weighted by Crippen LogP contribution is -2.44. The van der Waals surface area contributed by atoms with E-state index in [1.165, 1.54) is 16.3 Å². The van der Waals surface area contributed by atoms with Gasteiger partial charge in [0, 0.05) is 24.4 Å². The summed E-state index contributed by atoms with van der Waals surface area (Å²) in [5.74, 6) is 1.30. The minimum absolute atomic E-state index is 0.0256. The summed E-state index contributed by atoms with van der Waals surface area (Å²) in [4.78, 5) is 24.8. The molecule has 0 aliphatic heterocycles. The lowest BCUT2D eigenvalue weighted by molar-refractivity contribution is -0.128. The van der Waals surface area contributed by atoms with Gasteiger partial charge in [-0.1, -0.05) is 70.2 Å². The Morgan fingerprint density at radius 3 is 2.26 bits per heavy atom. The van der Waals surface area contributed by atoms with Gasteiger partial charge in [-0.15, -0.1) is 0 Å². The SMILES string of the molecule is CC(C)C(=O)NCC1CCC(C(=O)N[C@H](Cc2ccc3ccccc3c2)C(C)C)CC1. The Balaban J connectivity index is 1.52. The van der Waals surface area contributed by atoms with Crippen molar-refractivity contribution < 1.29 is 9.59 Å². The van der Waals surface area contributed by atoms with E-state index in [9.17, 15) is 9.59 Å². The van der Waals surface area contributed by atoms with Crippen LogP contribution in [-0.2, 0) is 16.0 Å². The molecule has 2 N–H and O–H groups in total. The molecule has 168 valence electrons. The van der Waals surface area contributed by atoms with Gasteiger partial charge in [0.05, 0.1) is 0 Å². The Hall–Kier alpha value is -2.36. The number of benzene rings is 2. The van der Waals surface area contributed by atoms with Crippen LogP contribution < -0.4 is 10.6 Å². The average Bonchev–Trinajstić information content (AvgIpc) is 2.77. The van der Waals surface area contributed by atoms with E-state index in [-0.39, 0.29) is 29.7 Å². The lowest BCUT2D eigenvalue weighted by atomic mass is 9.81. The summed E-state index contributed by atoms with van der Waals surface area (Å²) in [5.41, 5.74) is 1.27. The molecule has 1 saturated carbocycles. The summed E-state index contributed by atoms with van der Waals surface area (Å²) in [6.45, 7) is 8.93. The van der Waals surface area contributed by atoms with E-state index in [1.54, 1.807) is 0 Å². The summed E-state index contributed by atoms with van der Waals surface area (Å²) in [6, 6.07) is 15.1. The largest absolute Gasteiger partial charge is 0.356 e. The highest BCUT2D eigenvalue weighted by Gasteiger charge is 2.28. The van der Waals surface area contributed by atoms with E-state index in [0.29, 0.717) is 11.8 Å². The van der Waals surface area contributed by atoms with E-state index in [4.69, 9.17) is 0 Å². The molecule has 0 bridgehead atoms. The molecule has 0 aromatic heterocycles. The van der Waals surface area contributed by atoms with E-state index in [1.807, 2.05) is 13.8 Å². The quantitative estimate of drug-likeness (QED) is 0.622. The molecule has 0 saturated heterocycles. The van der Waals surface area contributed by atoms with Crippen LogP contribution in [0.4, 0.5) is 0 Å². The van der Waals surface area contributed by atoms with Gasteiger partial charge in [0.25, 0.3) is 0 Å². The molecule has 2 aromatic carbocycles. The van der Waals surface area contributed by atoms with Gasteiger partial charge in [-0.25, -0.2) is 0 Å². The van der Waals surface area contributed by atoms with Crippen molar-refractivity contribution in [2.45, 2.75) is 65.8 Å². The first kappa shape index (κ1) is 23.3. The molecular formula is C27H38N2O2. The predicted molar refractivity (Wildman–Crippen MR) is 128 cm³/mol. The van der Waals surface area contributed by atoms with Gasteiger partial charge in [0.2, 0.25) is 11.8 Å². The first-order chi connectivity index (χ1) is 14.8. The van der Waals surface area contributed by atoms with E-state index < -0.39 is 0 Å². The van der Waals surface area contributed by atoms with Crippen molar-refractivity contribution in [1.29, 1.82) is 0 Å². The van der Waals surface area contributed by atoms with E-state index in [2.05, 4.69) is 66.9 Å². The molecule has 0 spiro atoms. The third-order valence-electron chi connectivity index (χ3n) is 6.71. The summed E-state index contributed by atoms with van der Waals surface area (Å²) in [5, 5.41) is 8.89. The molecule has 2 aromatic rings. The number of hydrogen-bond acceptors (Lipinski definition) is 2. The van der Waals surface area contributed by atoms with Gasteiger partial charge in [0.15, 0.2) is 0 Å². The van der Waals surface area contributed by atoms with Crippen molar-refractivity contribution in [3.8, 4) is 0 Å². The second kappa shape index (κ2) is 10.8. The molecule has 1 aliphatic carbocycles. The fraction of sp³-hybridized carbons (Fsp3) is 0.556. The predicted octanol–water partition coefficient (Wildman–Crippen LogP) is 5.10. The van der Waals surface area contributed by atoms with Gasteiger partial charge >= 0.3 is 0 Å². The Bertz CT molecular complexity index is 882. The third-order valence-corrected chi connectivity index (χ3v) is 6.71. The monoisotopic (exact) mass is 422 g/mol. The lowest BCUT2D eigenvalue weighted by Gasteiger charge is -2.30. The molecule has 1 fully saturated rings. The van der Waals surface area contributed by atoms with Crippen LogP contribution in [0.1, 0.15) is 58.9 Å². The number of hydrogen-bond donors (Lipinski definition) is 2. The Kier molecular flexibility index (Phi) is 8.11. The van der Waals surface area contributed by atoms with Crippen LogP contribution in [0.15, 0.2) is 42.5 Å². The maximum Gasteiger partial charge on any atom is 0.223 e. The van der Waals surface area contributed by atoms with Crippen molar-refractivity contribution in [3.05, 3.63) is 48.0 Å². The van der Waals surface area contributed by atoms with Crippen molar-refractivity contribution in [1.82, 2.24) is 10.6 Å². The molecule has 2 amide bonds. The summed E-state index contributed by atoms with van der Waals surface area (Å²) in [6.07, 6.45) is 4.69. The number of nitrogens with one attached hydrogen (secondary N) is 2. The van der Waals surface area contributed by atoms with Crippen molar-refractivity contribution >= 4 is 22.6 Å². The average molecular weight is 423 g/mol. The third kappa shape index (κ3) is 6.56. The molecule has 4 nitrogen and oxygen atoms in total. The summed E-state index contributed by atoms with van der Waals surface area (Å²) >= 11 is 0. The fourth-order valence-electron chi connectivity index (χ4n) is 4.45. The van der Waals surface area contributed by atoms with E-state index >= 15 is 0 Å². The van der Waals surface area contributed by atoms with E-state index in [0.717, 1.165) is 38.6 Å². The number of carbonyl (C=O) groups is 2. The van der Waals surface area contributed by atoms with Gasteiger partial charge in [-0.3, -0.25) is 9.59 Å². The Morgan fingerprint density at radius 1 is 0.935 bits per heavy atom. The smallest absolute Gasteiger partial charge is 0.223 e. The fourth-order valence-corrected chi connectivity index (χ4v) is 4.45. The minimum atomic E-state index is 0.0256. The molecule has 3 rings (SSSR count). The summed E-state index contributed by atoms with van der Waals surface area (Å²) < 4.78 is 0. The molecule has 0 radical (unpaired) electrons. The highest BCUT2D eigenvalue weighted by molar-refractivity contribution is 5.83. The molecule has 1 atom stereocenters. The molecule has 4 heteroatoms.